The summed E-state index contributed by atoms with van der Waals surface area (Å²) in [6.07, 6.45) is 12.2. The van der Waals surface area contributed by atoms with Crippen molar-refractivity contribution in [3.8, 4) is 0 Å². The average molecular weight is 446 g/mol. The van der Waals surface area contributed by atoms with Gasteiger partial charge in [0.15, 0.2) is 5.11 Å². The number of aromatic nitrogens is 3. The molecule has 0 aromatic carbocycles. The Bertz CT molecular complexity index is 1070. The average Bonchev–Trinajstić information content (AvgIpc) is 3.30. The predicted molar refractivity (Wildman–Crippen MR) is 131 cm³/mol. The SMILES string of the molecule is Cc1cc([C@@H]2[C@@H](c3ccccn3)NC(=S)N2Cc2cccnc2)c(C)n1C1CCCCC1. The lowest BCUT2D eigenvalue weighted by Gasteiger charge is -2.29. The molecule has 1 saturated carbocycles. The van der Waals surface area contributed by atoms with Crippen molar-refractivity contribution >= 4 is 17.3 Å². The molecule has 2 fully saturated rings. The van der Waals surface area contributed by atoms with Gasteiger partial charge in [-0.2, -0.15) is 0 Å². The highest BCUT2D eigenvalue weighted by atomic mass is 32.1. The monoisotopic (exact) mass is 445 g/mol. The molecule has 32 heavy (non-hydrogen) atoms. The number of hydrogen-bond donors (Lipinski definition) is 1. The van der Waals surface area contributed by atoms with Crippen LogP contribution in [0.4, 0.5) is 0 Å². The first kappa shape index (κ1) is 21.1. The summed E-state index contributed by atoms with van der Waals surface area (Å²) in [5.74, 6) is 0. The van der Waals surface area contributed by atoms with Gasteiger partial charge in [0.05, 0.1) is 17.8 Å². The second-order valence-electron chi connectivity index (χ2n) is 9.10. The van der Waals surface area contributed by atoms with Gasteiger partial charge >= 0.3 is 0 Å². The van der Waals surface area contributed by atoms with Crippen LogP contribution in [0.1, 0.15) is 78.4 Å². The molecule has 0 bridgehead atoms. The summed E-state index contributed by atoms with van der Waals surface area (Å²) in [7, 11) is 0. The first-order valence-electron chi connectivity index (χ1n) is 11.7. The zero-order chi connectivity index (χ0) is 22.1. The molecule has 4 heterocycles. The molecule has 0 unspecified atom stereocenters. The van der Waals surface area contributed by atoms with Crippen LogP contribution < -0.4 is 5.32 Å². The molecule has 166 valence electrons. The first-order chi connectivity index (χ1) is 15.6. The van der Waals surface area contributed by atoms with Crippen LogP contribution in [0, 0.1) is 13.8 Å². The van der Waals surface area contributed by atoms with E-state index in [1.165, 1.54) is 49.1 Å². The fourth-order valence-electron chi connectivity index (χ4n) is 5.61. The van der Waals surface area contributed by atoms with E-state index in [4.69, 9.17) is 17.2 Å². The zero-order valence-electron chi connectivity index (χ0n) is 18.9. The molecule has 2 aliphatic rings. The van der Waals surface area contributed by atoms with Gasteiger partial charge in [0.2, 0.25) is 0 Å². The minimum absolute atomic E-state index is 0.0145. The number of pyridine rings is 2. The van der Waals surface area contributed by atoms with Crippen molar-refractivity contribution in [3.05, 3.63) is 83.2 Å². The molecule has 3 aromatic heterocycles. The van der Waals surface area contributed by atoms with E-state index in [-0.39, 0.29) is 12.1 Å². The van der Waals surface area contributed by atoms with Crippen LogP contribution in [-0.4, -0.2) is 24.5 Å². The topological polar surface area (TPSA) is 46.0 Å². The van der Waals surface area contributed by atoms with Gasteiger partial charge in [0.25, 0.3) is 0 Å². The molecule has 5 nitrogen and oxygen atoms in total. The van der Waals surface area contributed by atoms with Crippen LogP contribution in [0.25, 0.3) is 0 Å². The summed E-state index contributed by atoms with van der Waals surface area (Å²) in [5.41, 5.74) is 6.24. The number of nitrogens with one attached hydrogen (secondary N) is 1. The first-order valence-corrected chi connectivity index (χ1v) is 12.1. The van der Waals surface area contributed by atoms with Gasteiger partial charge < -0.3 is 14.8 Å². The van der Waals surface area contributed by atoms with E-state index in [2.05, 4.69) is 57.9 Å². The molecular formula is C26H31N5S. The number of rotatable bonds is 5. The van der Waals surface area contributed by atoms with E-state index < -0.39 is 0 Å². The van der Waals surface area contributed by atoms with E-state index in [0.717, 1.165) is 22.9 Å². The van der Waals surface area contributed by atoms with Crippen molar-refractivity contribution in [2.24, 2.45) is 0 Å². The van der Waals surface area contributed by atoms with Gasteiger partial charge in [-0.25, -0.2) is 0 Å². The molecule has 5 rings (SSSR count). The summed E-state index contributed by atoms with van der Waals surface area (Å²) in [5, 5.41) is 4.36. The normalized spacial score (nSPS) is 21.7. The lowest BCUT2D eigenvalue weighted by molar-refractivity contribution is 0.306. The molecule has 1 N–H and O–H groups in total. The maximum absolute atomic E-state index is 5.86. The Labute approximate surface area is 195 Å². The highest BCUT2D eigenvalue weighted by molar-refractivity contribution is 7.80. The van der Waals surface area contributed by atoms with Crippen LogP contribution >= 0.6 is 12.2 Å². The third-order valence-corrected chi connectivity index (χ3v) is 7.41. The quantitative estimate of drug-likeness (QED) is 0.520. The van der Waals surface area contributed by atoms with Crippen LogP contribution in [0.3, 0.4) is 0 Å². The van der Waals surface area contributed by atoms with Gasteiger partial charge in [-0.15, -0.1) is 0 Å². The third-order valence-electron chi connectivity index (χ3n) is 7.06. The molecule has 2 atom stereocenters. The minimum Gasteiger partial charge on any atom is -0.352 e. The molecule has 0 amide bonds. The number of aryl methyl sites for hydroxylation is 1. The predicted octanol–water partition coefficient (Wildman–Crippen LogP) is 5.57. The summed E-state index contributed by atoms with van der Waals surface area (Å²) in [6.45, 7) is 5.27. The molecule has 0 radical (unpaired) electrons. The Morgan fingerprint density at radius 1 is 1.06 bits per heavy atom. The molecule has 1 aliphatic heterocycles. The van der Waals surface area contributed by atoms with E-state index in [0.29, 0.717) is 6.04 Å². The molecule has 3 aromatic rings. The Morgan fingerprint density at radius 3 is 2.62 bits per heavy atom. The van der Waals surface area contributed by atoms with Crippen molar-refractivity contribution in [2.45, 2.75) is 70.6 Å². The van der Waals surface area contributed by atoms with Gasteiger partial charge in [-0.3, -0.25) is 9.97 Å². The number of nitrogens with zero attached hydrogens (tertiary/aromatic N) is 4. The maximum Gasteiger partial charge on any atom is 0.170 e. The van der Waals surface area contributed by atoms with Crippen LogP contribution in [0.15, 0.2) is 55.0 Å². The summed E-state index contributed by atoms with van der Waals surface area (Å²) in [4.78, 5) is 11.3. The third kappa shape index (κ3) is 3.92. The van der Waals surface area contributed by atoms with Gasteiger partial charge in [-0.1, -0.05) is 31.4 Å². The van der Waals surface area contributed by atoms with E-state index in [9.17, 15) is 0 Å². The maximum atomic E-state index is 5.86. The second-order valence-corrected chi connectivity index (χ2v) is 9.49. The molecule has 1 aliphatic carbocycles. The van der Waals surface area contributed by atoms with E-state index in [1.54, 1.807) is 0 Å². The summed E-state index contributed by atoms with van der Waals surface area (Å²) in [6, 6.07) is 13.3. The lowest BCUT2D eigenvalue weighted by Crippen LogP contribution is -2.29. The molecule has 1 saturated heterocycles. The zero-order valence-corrected chi connectivity index (χ0v) is 19.7. The molecular weight excluding hydrogens is 414 g/mol. The molecule has 0 spiro atoms. The fraction of sp³-hybridized carbons (Fsp3) is 0.423. The van der Waals surface area contributed by atoms with Gasteiger partial charge in [-0.05, 0) is 74.3 Å². The van der Waals surface area contributed by atoms with Crippen molar-refractivity contribution in [1.29, 1.82) is 0 Å². The van der Waals surface area contributed by atoms with Gasteiger partial charge in [0, 0.05) is 42.6 Å². The molecule has 6 heteroatoms. The Kier molecular flexibility index (Phi) is 5.96. The fourth-order valence-corrected chi connectivity index (χ4v) is 5.91. The van der Waals surface area contributed by atoms with E-state index in [1.807, 2.05) is 30.7 Å². The van der Waals surface area contributed by atoms with E-state index >= 15 is 0 Å². The van der Waals surface area contributed by atoms with Crippen molar-refractivity contribution < 1.29 is 0 Å². The lowest BCUT2D eigenvalue weighted by atomic mass is 9.94. The van der Waals surface area contributed by atoms with Crippen LogP contribution in [0.5, 0.6) is 0 Å². The van der Waals surface area contributed by atoms with Crippen molar-refractivity contribution in [3.63, 3.8) is 0 Å². The Balaban J connectivity index is 1.57. The summed E-state index contributed by atoms with van der Waals surface area (Å²) >= 11 is 5.86. The van der Waals surface area contributed by atoms with Crippen LogP contribution in [-0.2, 0) is 6.54 Å². The standard InChI is InChI=1S/C26H31N5S/c1-18-15-22(19(2)31(18)21-10-4-3-5-11-21)25-24(23-12-6-7-14-28-23)29-26(32)30(25)17-20-9-8-13-27-16-20/h6-9,12-16,21,24-25H,3-5,10-11,17H2,1-2H3,(H,29,32)/t24-,25-/m1/s1. The van der Waals surface area contributed by atoms with Crippen LogP contribution in [0.2, 0.25) is 0 Å². The Morgan fingerprint density at radius 2 is 1.91 bits per heavy atom. The highest BCUT2D eigenvalue weighted by Gasteiger charge is 2.41. The van der Waals surface area contributed by atoms with Gasteiger partial charge in [0.1, 0.15) is 0 Å². The number of hydrogen-bond acceptors (Lipinski definition) is 3. The minimum atomic E-state index is 0.0145. The Hall–Kier alpha value is -2.73. The highest BCUT2D eigenvalue weighted by Crippen LogP contribution is 2.43. The van der Waals surface area contributed by atoms with Crippen molar-refractivity contribution in [1.82, 2.24) is 24.8 Å². The number of thiocarbonyl (C=S) groups is 1. The second kappa shape index (κ2) is 9.02. The van der Waals surface area contributed by atoms with Crippen molar-refractivity contribution in [2.75, 3.05) is 0 Å². The largest absolute Gasteiger partial charge is 0.352 e. The smallest absolute Gasteiger partial charge is 0.170 e. The summed E-state index contributed by atoms with van der Waals surface area (Å²) < 4.78 is 2.59.